The first-order chi connectivity index (χ1) is 7.88. The molecule has 0 spiro atoms. The smallest absolute Gasteiger partial charge is 0.0891 e. The Labute approximate surface area is 104 Å². The minimum atomic E-state index is 0.336. The first kappa shape index (κ1) is 12.0. The van der Waals surface area contributed by atoms with Crippen molar-refractivity contribution < 1.29 is 9.47 Å². The summed E-state index contributed by atoms with van der Waals surface area (Å²) in [7, 11) is 0. The quantitative estimate of drug-likeness (QED) is 0.797. The number of hydrogen-bond acceptors (Lipinski definition) is 3. The van der Waals surface area contributed by atoms with Gasteiger partial charge in [0, 0.05) is 18.5 Å². The van der Waals surface area contributed by atoms with Gasteiger partial charge in [0.25, 0.3) is 0 Å². The molecule has 2 rings (SSSR count). The summed E-state index contributed by atoms with van der Waals surface area (Å²) in [5, 5.41) is 0.790. The van der Waals surface area contributed by atoms with E-state index in [1.807, 2.05) is 18.2 Å². The van der Waals surface area contributed by atoms with Crippen LogP contribution in [-0.4, -0.2) is 24.3 Å². The van der Waals surface area contributed by atoms with Gasteiger partial charge < -0.3 is 9.47 Å². The Morgan fingerprint density at radius 1 is 1.31 bits per heavy atom. The molecule has 0 unspecified atom stereocenters. The fourth-order valence-electron chi connectivity index (χ4n) is 1.73. The molecule has 0 aromatic carbocycles. The number of aromatic nitrogens is 1. The standard InChI is InChI=1S/C12H16BrNO2/c13-8-10-2-1-3-11(14-10)9-16-12-4-6-15-7-5-12/h1-3,12H,4-9H2. The summed E-state index contributed by atoms with van der Waals surface area (Å²) in [6.45, 7) is 2.24. The van der Waals surface area contributed by atoms with E-state index in [1.165, 1.54) is 0 Å². The Bertz CT molecular complexity index is 327. The third-order valence-electron chi connectivity index (χ3n) is 2.64. The predicted molar refractivity (Wildman–Crippen MR) is 65.5 cm³/mol. The fraction of sp³-hybridized carbons (Fsp3) is 0.583. The van der Waals surface area contributed by atoms with Gasteiger partial charge in [-0.3, -0.25) is 4.98 Å². The lowest BCUT2D eigenvalue weighted by molar-refractivity contribution is -0.0399. The van der Waals surface area contributed by atoms with Crippen LogP contribution in [0.5, 0.6) is 0 Å². The van der Waals surface area contributed by atoms with Crippen molar-refractivity contribution in [2.45, 2.75) is 30.9 Å². The Morgan fingerprint density at radius 2 is 2.06 bits per heavy atom. The normalized spacial score (nSPS) is 17.6. The molecule has 0 saturated carbocycles. The zero-order valence-electron chi connectivity index (χ0n) is 9.19. The third kappa shape index (κ3) is 3.54. The summed E-state index contributed by atoms with van der Waals surface area (Å²) in [6.07, 6.45) is 2.33. The molecule has 1 aromatic heterocycles. The van der Waals surface area contributed by atoms with Gasteiger partial charge in [-0.2, -0.15) is 0 Å². The molecule has 4 heteroatoms. The van der Waals surface area contributed by atoms with E-state index in [-0.39, 0.29) is 0 Å². The number of pyridine rings is 1. The molecule has 2 heterocycles. The molecule has 88 valence electrons. The van der Waals surface area contributed by atoms with Crippen molar-refractivity contribution in [3.63, 3.8) is 0 Å². The number of alkyl halides is 1. The summed E-state index contributed by atoms with van der Waals surface area (Å²) >= 11 is 3.40. The highest BCUT2D eigenvalue weighted by atomic mass is 79.9. The number of nitrogens with zero attached hydrogens (tertiary/aromatic N) is 1. The van der Waals surface area contributed by atoms with E-state index in [4.69, 9.17) is 9.47 Å². The van der Waals surface area contributed by atoms with Gasteiger partial charge in [0.1, 0.15) is 0 Å². The second-order valence-electron chi connectivity index (χ2n) is 3.88. The van der Waals surface area contributed by atoms with Crippen molar-refractivity contribution in [3.05, 3.63) is 29.6 Å². The van der Waals surface area contributed by atoms with Crippen LogP contribution in [0, 0.1) is 0 Å². The molecule has 1 saturated heterocycles. The molecule has 0 N–H and O–H groups in total. The van der Waals surface area contributed by atoms with Gasteiger partial charge in [-0.15, -0.1) is 0 Å². The molecule has 0 amide bonds. The van der Waals surface area contributed by atoms with E-state index in [0.717, 1.165) is 42.8 Å². The van der Waals surface area contributed by atoms with E-state index >= 15 is 0 Å². The molecule has 0 aliphatic carbocycles. The molecular formula is C12H16BrNO2. The van der Waals surface area contributed by atoms with Gasteiger partial charge in [0.05, 0.1) is 24.1 Å². The number of hydrogen-bond donors (Lipinski definition) is 0. The van der Waals surface area contributed by atoms with Gasteiger partial charge in [0.15, 0.2) is 0 Å². The lowest BCUT2D eigenvalue weighted by Crippen LogP contribution is -2.23. The van der Waals surface area contributed by atoms with Crippen LogP contribution in [0.1, 0.15) is 24.2 Å². The molecule has 0 bridgehead atoms. The number of rotatable bonds is 4. The lowest BCUT2D eigenvalue weighted by atomic mass is 10.1. The van der Waals surface area contributed by atoms with Crippen LogP contribution in [0.25, 0.3) is 0 Å². The van der Waals surface area contributed by atoms with Gasteiger partial charge in [-0.05, 0) is 25.0 Å². The third-order valence-corrected chi connectivity index (χ3v) is 3.21. The highest BCUT2D eigenvalue weighted by molar-refractivity contribution is 9.08. The van der Waals surface area contributed by atoms with E-state index in [2.05, 4.69) is 20.9 Å². The van der Waals surface area contributed by atoms with Crippen LogP contribution in [-0.2, 0) is 21.4 Å². The van der Waals surface area contributed by atoms with Crippen molar-refractivity contribution in [1.29, 1.82) is 0 Å². The topological polar surface area (TPSA) is 31.4 Å². The summed E-state index contributed by atoms with van der Waals surface area (Å²) in [4.78, 5) is 4.47. The minimum absolute atomic E-state index is 0.336. The maximum Gasteiger partial charge on any atom is 0.0891 e. The molecule has 3 nitrogen and oxygen atoms in total. The maximum atomic E-state index is 5.81. The van der Waals surface area contributed by atoms with Crippen LogP contribution in [0.2, 0.25) is 0 Å². The molecule has 0 atom stereocenters. The van der Waals surface area contributed by atoms with Crippen molar-refractivity contribution in [1.82, 2.24) is 4.98 Å². The molecule has 0 radical (unpaired) electrons. The summed E-state index contributed by atoms with van der Waals surface area (Å²) < 4.78 is 11.1. The van der Waals surface area contributed by atoms with Gasteiger partial charge in [-0.25, -0.2) is 0 Å². The molecule has 1 aromatic rings. The van der Waals surface area contributed by atoms with E-state index in [0.29, 0.717) is 12.7 Å². The first-order valence-corrected chi connectivity index (χ1v) is 6.71. The van der Waals surface area contributed by atoms with Crippen molar-refractivity contribution in [2.75, 3.05) is 13.2 Å². The molecule has 1 aliphatic heterocycles. The van der Waals surface area contributed by atoms with Crippen LogP contribution >= 0.6 is 15.9 Å². The Hall–Kier alpha value is -0.450. The van der Waals surface area contributed by atoms with E-state index in [9.17, 15) is 0 Å². The largest absolute Gasteiger partial charge is 0.381 e. The van der Waals surface area contributed by atoms with Crippen LogP contribution in [0.15, 0.2) is 18.2 Å². The van der Waals surface area contributed by atoms with Gasteiger partial charge in [-0.1, -0.05) is 22.0 Å². The zero-order valence-corrected chi connectivity index (χ0v) is 10.8. The van der Waals surface area contributed by atoms with Crippen molar-refractivity contribution in [3.8, 4) is 0 Å². The Morgan fingerprint density at radius 3 is 2.81 bits per heavy atom. The lowest BCUT2D eigenvalue weighted by Gasteiger charge is -2.22. The Balaban J connectivity index is 1.83. The molecule has 1 fully saturated rings. The van der Waals surface area contributed by atoms with Crippen molar-refractivity contribution in [2.24, 2.45) is 0 Å². The average molecular weight is 286 g/mol. The monoisotopic (exact) mass is 285 g/mol. The fourth-order valence-corrected chi connectivity index (χ4v) is 2.04. The highest BCUT2D eigenvalue weighted by Crippen LogP contribution is 2.13. The summed E-state index contributed by atoms with van der Waals surface area (Å²) in [6, 6.07) is 6.03. The van der Waals surface area contributed by atoms with E-state index in [1.54, 1.807) is 0 Å². The molecule has 16 heavy (non-hydrogen) atoms. The number of ether oxygens (including phenoxy) is 2. The van der Waals surface area contributed by atoms with Gasteiger partial charge >= 0.3 is 0 Å². The summed E-state index contributed by atoms with van der Waals surface area (Å²) in [5.41, 5.74) is 2.05. The Kier molecular flexibility index (Phi) is 4.75. The van der Waals surface area contributed by atoms with Crippen LogP contribution in [0.4, 0.5) is 0 Å². The zero-order chi connectivity index (χ0) is 11.2. The second kappa shape index (κ2) is 6.33. The highest BCUT2D eigenvalue weighted by Gasteiger charge is 2.14. The first-order valence-electron chi connectivity index (χ1n) is 5.58. The van der Waals surface area contributed by atoms with Crippen LogP contribution in [0.3, 0.4) is 0 Å². The SMILES string of the molecule is BrCc1cccc(COC2CCOCC2)n1. The molecule has 1 aliphatic rings. The van der Waals surface area contributed by atoms with Gasteiger partial charge in [0.2, 0.25) is 0 Å². The predicted octanol–water partition coefficient (Wildman–Crippen LogP) is 2.67. The maximum absolute atomic E-state index is 5.81. The average Bonchev–Trinajstić information content (AvgIpc) is 2.38. The molecular weight excluding hydrogens is 270 g/mol. The van der Waals surface area contributed by atoms with E-state index < -0.39 is 0 Å². The van der Waals surface area contributed by atoms with Crippen LogP contribution < -0.4 is 0 Å². The summed E-state index contributed by atoms with van der Waals surface area (Å²) in [5.74, 6) is 0. The minimum Gasteiger partial charge on any atom is -0.381 e. The van der Waals surface area contributed by atoms with Crippen molar-refractivity contribution >= 4 is 15.9 Å². The second-order valence-corrected chi connectivity index (χ2v) is 4.44. The number of halogens is 1.